The van der Waals surface area contributed by atoms with E-state index in [-0.39, 0.29) is 5.97 Å². The second kappa shape index (κ2) is 14.5. The highest BCUT2D eigenvalue weighted by Gasteiger charge is 2.39. The molecule has 0 fully saturated rings. The van der Waals surface area contributed by atoms with Gasteiger partial charge in [-0.2, -0.15) is 0 Å². The summed E-state index contributed by atoms with van der Waals surface area (Å²) in [6, 6.07) is 10.3. The van der Waals surface area contributed by atoms with Crippen LogP contribution in [0.4, 0.5) is 0 Å². The quantitative estimate of drug-likeness (QED) is 0.174. The summed E-state index contributed by atoms with van der Waals surface area (Å²) in [5.41, 5.74) is 0.887. The van der Waals surface area contributed by atoms with Gasteiger partial charge in [-0.3, -0.25) is 4.79 Å². The Bertz CT molecular complexity index is 571. The van der Waals surface area contributed by atoms with Crippen molar-refractivity contribution in [3.8, 4) is 0 Å². The molecule has 9 heteroatoms. The van der Waals surface area contributed by atoms with Gasteiger partial charge in [-0.25, -0.2) is 0 Å². The van der Waals surface area contributed by atoms with Crippen LogP contribution in [-0.4, -0.2) is 51.0 Å². The van der Waals surface area contributed by atoms with Crippen LogP contribution in [0.5, 0.6) is 0 Å². The summed E-state index contributed by atoms with van der Waals surface area (Å²) in [6.45, 7) is 7.59. The normalized spacial score (nSPS) is 12.6. The fraction of sp³-hybridized carbons (Fsp3) is 0.579. The van der Waals surface area contributed by atoms with Gasteiger partial charge in [0.2, 0.25) is 0 Å². The van der Waals surface area contributed by atoms with Crippen molar-refractivity contribution in [2.75, 3.05) is 32.7 Å². The molecule has 0 spiro atoms. The van der Waals surface area contributed by atoms with E-state index in [2.05, 4.69) is 0 Å². The lowest BCUT2D eigenvalue weighted by Crippen LogP contribution is -2.46. The molecule has 0 saturated carbocycles. The fourth-order valence-corrected chi connectivity index (χ4v) is 7.91. The smallest absolute Gasteiger partial charge is 0.468 e. The number of rotatable bonds is 13. The fourth-order valence-electron chi connectivity index (χ4n) is 2.56. The van der Waals surface area contributed by atoms with Gasteiger partial charge in [-0.15, -0.1) is 11.8 Å². The molecule has 1 aromatic carbocycles. The molecule has 1 unspecified atom stereocenters. The summed E-state index contributed by atoms with van der Waals surface area (Å²) in [6.07, 6.45) is 0.867. The molecule has 0 N–H and O–H groups in total. The summed E-state index contributed by atoms with van der Waals surface area (Å²) in [5.74, 6) is 0.519. The molecule has 28 heavy (non-hydrogen) atoms. The van der Waals surface area contributed by atoms with Crippen LogP contribution in [0, 0.1) is 0 Å². The molecule has 0 saturated heterocycles. The Kier molecular flexibility index (Phi) is 13.3. The Labute approximate surface area is 183 Å². The average molecular weight is 463 g/mol. The lowest BCUT2D eigenvalue weighted by Gasteiger charge is -2.28. The molecule has 158 valence electrons. The Balaban J connectivity index is 2.56. The van der Waals surface area contributed by atoms with E-state index >= 15 is 0 Å². The first-order chi connectivity index (χ1) is 13.5. The molecule has 0 aliphatic heterocycles. The largest absolute Gasteiger partial charge is 0.500 e. The van der Waals surface area contributed by atoms with Crippen molar-refractivity contribution in [1.82, 2.24) is 0 Å². The van der Waals surface area contributed by atoms with Crippen molar-refractivity contribution in [2.45, 2.75) is 38.5 Å². The van der Waals surface area contributed by atoms with E-state index in [4.69, 9.17) is 30.2 Å². The molecule has 0 aromatic heterocycles. The summed E-state index contributed by atoms with van der Waals surface area (Å²) in [4.78, 5) is 12.2. The predicted molar refractivity (Wildman–Crippen MR) is 124 cm³/mol. The zero-order chi connectivity index (χ0) is 20.8. The molecule has 5 nitrogen and oxygen atoms in total. The van der Waals surface area contributed by atoms with Gasteiger partial charge in [0.15, 0.2) is 0 Å². The third-order valence-corrected chi connectivity index (χ3v) is 9.73. The van der Waals surface area contributed by atoms with Gasteiger partial charge in [-0.05, 0) is 38.5 Å². The van der Waals surface area contributed by atoms with E-state index in [0.29, 0.717) is 19.8 Å². The van der Waals surface area contributed by atoms with Gasteiger partial charge >= 0.3 is 14.8 Å². The van der Waals surface area contributed by atoms with Gasteiger partial charge in [-0.1, -0.05) is 54.3 Å². The van der Waals surface area contributed by atoms with Crippen molar-refractivity contribution >= 4 is 54.0 Å². The standard InChI is InChI=1S/C19H30O5S3Si/c1-5-22-28(23-6-2,24-7-3)15-11-14-26-19(25)27-17(18(20)21-4)16-12-9-8-10-13-16/h8-10,12-13,17H,5-7,11,14-15H2,1-4H3. The summed E-state index contributed by atoms with van der Waals surface area (Å²) in [7, 11) is -1.22. The molecule has 1 rings (SSSR count). The van der Waals surface area contributed by atoms with E-state index in [1.165, 1.54) is 18.9 Å². The molecule has 0 aliphatic carbocycles. The Morgan fingerprint density at radius 1 is 1.07 bits per heavy atom. The van der Waals surface area contributed by atoms with Crippen molar-refractivity contribution in [2.24, 2.45) is 0 Å². The summed E-state index contributed by atoms with van der Waals surface area (Å²) >= 11 is 8.41. The Morgan fingerprint density at radius 2 is 1.64 bits per heavy atom. The predicted octanol–water partition coefficient (Wildman–Crippen LogP) is 5.09. The second-order valence-electron chi connectivity index (χ2n) is 5.62. The number of thiocarbonyl (C=S) groups is 1. The van der Waals surface area contributed by atoms with Crippen molar-refractivity contribution in [1.29, 1.82) is 0 Å². The summed E-state index contributed by atoms with van der Waals surface area (Å²) < 4.78 is 23.3. The van der Waals surface area contributed by atoms with Crippen molar-refractivity contribution < 1.29 is 22.8 Å². The van der Waals surface area contributed by atoms with Gasteiger partial charge in [0, 0.05) is 25.9 Å². The van der Waals surface area contributed by atoms with Crippen LogP contribution in [-0.2, 0) is 22.8 Å². The van der Waals surface area contributed by atoms with Gasteiger partial charge < -0.3 is 18.0 Å². The summed E-state index contributed by atoms with van der Waals surface area (Å²) in [5, 5.41) is -0.449. The topological polar surface area (TPSA) is 54.0 Å². The highest BCUT2D eigenvalue weighted by molar-refractivity contribution is 8.47. The third-order valence-electron chi connectivity index (χ3n) is 3.67. The number of carbonyl (C=O) groups excluding carboxylic acids is 1. The first-order valence-corrected chi connectivity index (χ1v) is 13.6. The number of ether oxygens (including phenoxy) is 1. The lowest BCUT2D eigenvalue weighted by molar-refractivity contribution is -0.140. The monoisotopic (exact) mass is 462 g/mol. The molecule has 0 heterocycles. The molecule has 1 atom stereocenters. The Hall–Kier alpha value is -0.423. The van der Waals surface area contributed by atoms with Crippen LogP contribution in [0.1, 0.15) is 38.0 Å². The van der Waals surface area contributed by atoms with E-state index in [1.54, 1.807) is 11.8 Å². The van der Waals surface area contributed by atoms with Crippen molar-refractivity contribution in [3.05, 3.63) is 35.9 Å². The van der Waals surface area contributed by atoms with Gasteiger partial charge in [0.1, 0.15) is 8.78 Å². The molecular weight excluding hydrogens is 432 g/mol. The average Bonchev–Trinajstić information content (AvgIpc) is 2.70. The molecule has 0 bridgehead atoms. The molecule has 0 radical (unpaired) electrons. The minimum Gasteiger partial charge on any atom is -0.468 e. The van der Waals surface area contributed by atoms with Crippen LogP contribution in [0.25, 0.3) is 0 Å². The molecular formula is C19H30O5S3Si. The molecule has 0 aliphatic rings. The van der Waals surface area contributed by atoms with Gasteiger partial charge in [0.25, 0.3) is 0 Å². The highest BCUT2D eigenvalue weighted by Crippen LogP contribution is 2.35. The Morgan fingerprint density at radius 3 is 2.14 bits per heavy atom. The maximum absolute atomic E-state index is 12.2. The third kappa shape index (κ3) is 8.94. The van der Waals surface area contributed by atoms with E-state index in [1.807, 2.05) is 51.1 Å². The number of thioether (sulfide) groups is 2. The maximum atomic E-state index is 12.2. The number of carbonyl (C=O) groups is 1. The number of benzene rings is 1. The highest BCUT2D eigenvalue weighted by atomic mass is 32.2. The zero-order valence-corrected chi connectivity index (χ0v) is 20.4. The minimum atomic E-state index is -2.61. The number of hydrogen-bond donors (Lipinski definition) is 0. The van der Waals surface area contributed by atoms with Crippen LogP contribution in [0.2, 0.25) is 6.04 Å². The van der Waals surface area contributed by atoms with Crippen LogP contribution in [0.15, 0.2) is 30.3 Å². The van der Waals surface area contributed by atoms with Gasteiger partial charge in [0.05, 0.1) is 7.11 Å². The number of methoxy groups -OCH3 is 1. The zero-order valence-electron chi connectivity index (χ0n) is 17.0. The molecule has 0 amide bonds. The lowest BCUT2D eigenvalue weighted by atomic mass is 10.1. The van der Waals surface area contributed by atoms with Crippen LogP contribution in [0.3, 0.4) is 0 Å². The van der Waals surface area contributed by atoms with E-state index in [0.717, 1.165) is 27.3 Å². The van der Waals surface area contributed by atoms with E-state index < -0.39 is 14.1 Å². The van der Waals surface area contributed by atoms with Crippen LogP contribution < -0.4 is 0 Å². The number of hydrogen-bond acceptors (Lipinski definition) is 8. The van der Waals surface area contributed by atoms with Crippen molar-refractivity contribution in [3.63, 3.8) is 0 Å². The van der Waals surface area contributed by atoms with E-state index in [9.17, 15) is 4.79 Å². The number of esters is 1. The first-order valence-electron chi connectivity index (χ1n) is 9.39. The van der Waals surface area contributed by atoms with Crippen LogP contribution >= 0.6 is 35.7 Å². The SMILES string of the molecule is CCO[Si](CCCSC(=S)SC(C(=O)OC)c1ccccc1)(OCC)OCC. The maximum Gasteiger partial charge on any atom is 0.500 e. The first kappa shape index (κ1) is 25.6. The molecule has 1 aromatic rings. The minimum absolute atomic E-state index is 0.297. The second-order valence-corrected chi connectivity index (χ2v) is 11.8.